The van der Waals surface area contributed by atoms with Crippen molar-refractivity contribution in [2.24, 2.45) is 0 Å². The maximum atomic E-state index is 12.4. The Bertz CT molecular complexity index is 1060. The van der Waals surface area contributed by atoms with E-state index in [0.29, 0.717) is 23.0 Å². The molecule has 33 heavy (non-hydrogen) atoms. The lowest BCUT2D eigenvalue weighted by atomic mass is 10.3. The number of carbonyl (C=O) groups is 1. The molecule has 5 rings (SSSR count). The van der Waals surface area contributed by atoms with Crippen molar-refractivity contribution in [3.05, 3.63) is 54.1 Å². The average Bonchev–Trinajstić information content (AvgIpc) is 3.30. The van der Waals surface area contributed by atoms with Crippen LogP contribution in [0.4, 0.5) is 10.2 Å². The number of hydrogen-bond donors (Lipinski definition) is 3. The predicted octanol–water partition coefficient (Wildman–Crippen LogP) is 1.78. The molecule has 0 radical (unpaired) electrons. The Balaban J connectivity index is 0.000000174. The number of halogens is 1. The third-order valence-corrected chi connectivity index (χ3v) is 5.41. The zero-order valence-electron chi connectivity index (χ0n) is 18.2. The second-order valence-corrected chi connectivity index (χ2v) is 8.16. The van der Waals surface area contributed by atoms with Gasteiger partial charge in [-0.2, -0.15) is 5.10 Å². The molecule has 1 atom stereocenters. The Morgan fingerprint density at radius 3 is 2.61 bits per heavy atom. The molecule has 2 aliphatic rings. The minimum absolute atomic E-state index is 0.00212. The maximum absolute atomic E-state index is 12.4. The first-order valence-electron chi connectivity index (χ1n) is 11.1. The zero-order valence-corrected chi connectivity index (χ0v) is 18.2. The van der Waals surface area contributed by atoms with Gasteiger partial charge in [-0.05, 0) is 56.0 Å². The van der Waals surface area contributed by atoms with E-state index < -0.39 is 6.10 Å². The fourth-order valence-electron chi connectivity index (χ4n) is 3.41. The second kappa shape index (κ2) is 10.6. The molecule has 1 aliphatic heterocycles. The summed E-state index contributed by atoms with van der Waals surface area (Å²) >= 11 is 0. The van der Waals surface area contributed by atoms with Gasteiger partial charge in [0.2, 0.25) is 0 Å². The van der Waals surface area contributed by atoms with Gasteiger partial charge in [0.25, 0.3) is 5.91 Å². The summed E-state index contributed by atoms with van der Waals surface area (Å²) in [5.74, 6) is 1.01. The molecule has 1 amide bonds. The number of aliphatic hydroxyl groups is 2. The molecule has 0 spiro atoms. The summed E-state index contributed by atoms with van der Waals surface area (Å²) in [7, 11) is 0. The van der Waals surface area contributed by atoms with E-state index in [1.54, 1.807) is 10.7 Å². The molecular weight excluding hydrogens is 429 g/mol. The number of carbonyl (C=O) groups excluding carboxylic acids is 1. The quantitative estimate of drug-likeness (QED) is 0.496. The summed E-state index contributed by atoms with van der Waals surface area (Å²) in [6, 6.07) is 7.76. The van der Waals surface area contributed by atoms with Gasteiger partial charge in [0, 0.05) is 25.3 Å². The lowest BCUT2D eigenvalue weighted by molar-refractivity contribution is 0.0536. The number of rotatable bonds is 7. The summed E-state index contributed by atoms with van der Waals surface area (Å²) in [4.78, 5) is 19.1. The highest BCUT2D eigenvalue weighted by Crippen LogP contribution is 2.22. The first-order valence-corrected chi connectivity index (χ1v) is 11.1. The number of anilines is 1. The van der Waals surface area contributed by atoms with E-state index in [4.69, 9.17) is 14.9 Å². The molecule has 1 unspecified atom stereocenters. The molecule has 2 aromatic heterocycles. The monoisotopic (exact) mass is 457 g/mol. The van der Waals surface area contributed by atoms with Gasteiger partial charge in [-0.1, -0.05) is 0 Å². The number of fused-ring (bicyclic) bond motifs is 1. The average molecular weight is 458 g/mol. The molecule has 3 aromatic rings. The molecule has 3 N–H and O–H groups in total. The van der Waals surface area contributed by atoms with E-state index in [1.807, 2.05) is 12.3 Å². The number of aromatic nitrogens is 3. The smallest absolute Gasteiger partial charge is 0.256 e. The normalized spacial score (nSPS) is 16.3. The molecule has 9 nitrogen and oxygen atoms in total. The van der Waals surface area contributed by atoms with E-state index >= 15 is 0 Å². The van der Waals surface area contributed by atoms with Gasteiger partial charge in [0.1, 0.15) is 35.7 Å². The first kappa shape index (κ1) is 22.9. The number of ether oxygens (including phenoxy) is 1. The topological polar surface area (TPSA) is 112 Å². The number of nitrogens with one attached hydrogen (secondary N) is 1. The molecule has 1 aromatic carbocycles. The van der Waals surface area contributed by atoms with Crippen LogP contribution in [-0.4, -0.2) is 69.2 Å². The molecule has 2 fully saturated rings. The third kappa shape index (κ3) is 6.17. The Morgan fingerprint density at radius 2 is 1.94 bits per heavy atom. The van der Waals surface area contributed by atoms with Crippen molar-refractivity contribution in [1.29, 1.82) is 0 Å². The largest absolute Gasteiger partial charge is 0.491 e. The van der Waals surface area contributed by atoms with Gasteiger partial charge in [-0.15, -0.1) is 0 Å². The molecule has 3 heterocycles. The van der Waals surface area contributed by atoms with Crippen molar-refractivity contribution in [3.8, 4) is 5.75 Å². The van der Waals surface area contributed by atoms with Gasteiger partial charge in [-0.25, -0.2) is 13.9 Å². The fraction of sp³-hybridized carbons (Fsp3) is 0.435. The number of benzene rings is 1. The number of aliphatic hydroxyl groups excluding tert-OH is 2. The second-order valence-electron chi connectivity index (χ2n) is 8.16. The lowest BCUT2D eigenvalue weighted by Gasteiger charge is -2.16. The minimum atomic E-state index is -0.898. The summed E-state index contributed by atoms with van der Waals surface area (Å²) in [5.41, 5.74) is 1.21. The number of nitrogens with zero attached hydrogens (tertiary/aromatic N) is 4. The van der Waals surface area contributed by atoms with Gasteiger partial charge in [0.05, 0.1) is 12.8 Å². The predicted molar refractivity (Wildman–Crippen MR) is 120 cm³/mol. The van der Waals surface area contributed by atoms with Gasteiger partial charge >= 0.3 is 0 Å². The molecular formula is C23H28FN5O4. The molecule has 1 saturated heterocycles. The first-order chi connectivity index (χ1) is 16.0. The van der Waals surface area contributed by atoms with E-state index in [1.165, 1.54) is 37.1 Å². The summed E-state index contributed by atoms with van der Waals surface area (Å²) in [6.45, 7) is 1.74. The Kier molecular flexibility index (Phi) is 7.36. The van der Waals surface area contributed by atoms with Crippen LogP contribution in [-0.2, 0) is 0 Å². The van der Waals surface area contributed by atoms with Crippen molar-refractivity contribution >= 4 is 17.4 Å². The molecule has 10 heteroatoms. The maximum Gasteiger partial charge on any atom is 0.256 e. The summed E-state index contributed by atoms with van der Waals surface area (Å²) in [5, 5.41) is 24.6. The van der Waals surface area contributed by atoms with Crippen molar-refractivity contribution in [2.75, 3.05) is 31.2 Å². The van der Waals surface area contributed by atoms with Crippen LogP contribution in [0.15, 0.2) is 42.7 Å². The van der Waals surface area contributed by atoms with Crippen LogP contribution in [0.3, 0.4) is 0 Å². The van der Waals surface area contributed by atoms with Crippen LogP contribution in [0, 0.1) is 5.82 Å². The third-order valence-electron chi connectivity index (χ3n) is 5.41. The summed E-state index contributed by atoms with van der Waals surface area (Å²) < 4.78 is 19.1. The van der Waals surface area contributed by atoms with Crippen LogP contribution in [0.1, 0.15) is 36.0 Å². The highest BCUT2D eigenvalue weighted by Gasteiger charge is 2.26. The molecule has 1 aliphatic carbocycles. The highest BCUT2D eigenvalue weighted by molar-refractivity contribution is 6.00. The van der Waals surface area contributed by atoms with Gasteiger partial charge in [0.15, 0.2) is 5.65 Å². The number of amides is 1. The van der Waals surface area contributed by atoms with E-state index in [-0.39, 0.29) is 24.9 Å². The molecule has 1 saturated carbocycles. The van der Waals surface area contributed by atoms with Crippen molar-refractivity contribution < 1.29 is 24.1 Å². The Hall–Kier alpha value is -3.24. The highest BCUT2D eigenvalue weighted by atomic mass is 19.1. The van der Waals surface area contributed by atoms with E-state index in [9.17, 15) is 9.18 Å². The van der Waals surface area contributed by atoms with Gasteiger partial charge in [-0.3, -0.25) is 4.79 Å². The van der Waals surface area contributed by atoms with Crippen LogP contribution in [0.25, 0.3) is 5.65 Å². The minimum Gasteiger partial charge on any atom is -0.491 e. The fourth-order valence-corrected chi connectivity index (χ4v) is 3.41. The van der Waals surface area contributed by atoms with Crippen LogP contribution < -0.4 is 15.0 Å². The molecule has 0 bridgehead atoms. The van der Waals surface area contributed by atoms with Crippen LogP contribution in [0.2, 0.25) is 0 Å². The van der Waals surface area contributed by atoms with Crippen LogP contribution >= 0.6 is 0 Å². The summed E-state index contributed by atoms with van der Waals surface area (Å²) in [6.07, 6.45) is 7.17. The van der Waals surface area contributed by atoms with E-state index in [2.05, 4.69) is 20.3 Å². The van der Waals surface area contributed by atoms with Crippen molar-refractivity contribution in [3.63, 3.8) is 0 Å². The Morgan fingerprint density at radius 1 is 1.21 bits per heavy atom. The van der Waals surface area contributed by atoms with Crippen molar-refractivity contribution in [1.82, 2.24) is 19.9 Å². The molecule has 176 valence electrons. The SMILES string of the molecule is O=C(NC1CC1)c1cnn2ccc(N3CCCC3)nc12.OCC(O)COc1ccc(F)cc1. The van der Waals surface area contributed by atoms with Crippen LogP contribution in [0.5, 0.6) is 5.75 Å². The van der Waals surface area contributed by atoms with E-state index in [0.717, 1.165) is 31.7 Å². The standard InChI is InChI=1S/C14H17N5O.C9H11FO3/c20-14(16-10-3-4-10)11-9-15-19-8-5-12(17-13(11)19)18-6-1-2-7-18;10-7-1-3-9(4-2-7)13-6-8(12)5-11/h5,8-10H,1-4,6-7H2,(H,16,20);1-4,8,11-12H,5-6H2. The van der Waals surface area contributed by atoms with Crippen molar-refractivity contribution in [2.45, 2.75) is 37.8 Å². The lowest BCUT2D eigenvalue weighted by Crippen LogP contribution is -2.25. The number of hydrogen-bond acceptors (Lipinski definition) is 7. The van der Waals surface area contributed by atoms with Gasteiger partial charge < -0.3 is 25.2 Å². The Labute approximate surface area is 190 Å². The zero-order chi connectivity index (χ0) is 23.2.